The molecule has 1 N–H and O–H groups in total. The van der Waals surface area contributed by atoms with E-state index in [9.17, 15) is 4.79 Å². The van der Waals surface area contributed by atoms with E-state index in [-0.39, 0.29) is 6.42 Å². The van der Waals surface area contributed by atoms with Crippen molar-refractivity contribution in [1.29, 1.82) is 0 Å². The van der Waals surface area contributed by atoms with Crippen LogP contribution in [0.5, 0.6) is 0 Å². The van der Waals surface area contributed by atoms with Gasteiger partial charge in [0.05, 0.1) is 17.8 Å². The summed E-state index contributed by atoms with van der Waals surface area (Å²) in [7, 11) is 0. The van der Waals surface area contributed by atoms with E-state index in [2.05, 4.69) is 29.9 Å². The van der Waals surface area contributed by atoms with Crippen molar-refractivity contribution in [1.82, 2.24) is 14.7 Å². The Morgan fingerprint density at radius 2 is 2.26 bits per heavy atom. The van der Waals surface area contributed by atoms with Gasteiger partial charge < -0.3 is 5.11 Å². The van der Waals surface area contributed by atoms with Gasteiger partial charge in [-0.15, -0.1) is 0 Å². The molecule has 1 aliphatic rings. The van der Waals surface area contributed by atoms with E-state index in [1.807, 2.05) is 4.68 Å². The lowest BCUT2D eigenvalue weighted by atomic mass is 10.2. The number of aryl methyl sites for hydroxylation is 2. The highest BCUT2D eigenvalue weighted by atomic mass is 16.4. The zero-order chi connectivity index (χ0) is 13.8. The van der Waals surface area contributed by atoms with Crippen molar-refractivity contribution in [2.75, 3.05) is 6.54 Å². The Hall–Kier alpha value is -1.36. The normalized spacial score (nSPS) is 15.1. The van der Waals surface area contributed by atoms with E-state index in [4.69, 9.17) is 5.11 Å². The fraction of sp³-hybridized carbons (Fsp3) is 0.714. The van der Waals surface area contributed by atoms with Gasteiger partial charge >= 0.3 is 5.97 Å². The lowest BCUT2D eigenvalue weighted by molar-refractivity contribution is -0.137. The van der Waals surface area contributed by atoms with Crippen molar-refractivity contribution in [3.05, 3.63) is 17.5 Å². The second-order valence-corrected chi connectivity index (χ2v) is 5.14. The minimum absolute atomic E-state index is 0.220. The van der Waals surface area contributed by atoms with Crippen LogP contribution in [0, 0.1) is 0 Å². The number of hydrogen-bond acceptors (Lipinski definition) is 3. The van der Waals surface area contributed by atoms with Gasteiger partial charge in [0.25, 0.3) is 0 Å². The maximum absolute atomic E-state index is 10.7. The minimum Gasteiger partial charge on any atom is -0.481 e. The second kappa shape index (κ2) is 6.19. The molecule has 0 bridgehead atoms. The van der Waals surface area contributed by atoms with E-state index < -0.39 is 5.97 Å². The lowest BCUT2D eigenvalue weighted by Crippen LogP contribution is -2.29. The SMILES string of the molecule is CCc1cc(CN(CCC(=O)O)C2CC2)n(CC)n1. The lowest BCUT2D eigenvalue weighted by Gasteiger charge is -2.21. The smallest absolute Gasteiger partial charge is 0.304 e. The highest BCUT2D eigenvalue weighted by Gasteiger charge is 2.29. The van der Waals surface area contributed by atoms with Gasteiger partial charge in [-0.05, 0) is 32.3 Å². The number of rotatable bonds is 8. The molecular weight excluding hydrogens is 242 g/mol. The molecule has 1 heterocycles. The fourth-order valence-electron chi connectivity index (χ4n) is 2.37. The van der Waals surface area contributed by atoms with Gasteiger partial charge in [-0.1, -0.05) is 6.92 Å². The number of aromatic nitrogens is 2. The molecule has 0 radical (unpaired) electrons. The van der Waals surface area contributed by atoms with Crippen LogP contribution in [0.15, 0.2) is 6.07 Å². The summed E-state index contributed by atoms with van der Waals surface area (Å²) in [4.78, 5) is 13.0. The van der Waals surface area contributed by atoms with Gasteiger partial charge in [0.15, 0.2) is 0 Å². The maximum Gasteiger partial charge on any atom is 0.304 e. The van der Waals surface area contributed by atoms with Crippen molar-refractivity contribution in [3.63, 3.8) is 0 Å². The van der Waals surface area contributed by atoms with Gasteiger partial charge in [-0.2, -0.15) is 5.10 Å². The van der Waals surface area contributed by atoms with Crippen LogP contribution in [0.1, 0.15) is 44.5 Å². The van der Waals surface area contributed by atoms with Crippen molar-refractivity contribution < 1.29 is 9.90 Å². The molecular formula is C14H23N3O2. The summed E-state index contributed by atoms with van der Waals surface area (Å²) in [5.41, 5.74) is 2.32. The zero-order valence-corrected chi connectivity index (χ0v) is 11.8. The molecule has 1 fully saturated rings. The van der Waals surface area contributed by atoms with Crippen LogP contribution >= 0.6 is 0 Å². The third-order valence-electron chi connectivity index (χ3n) is 3.62. The number of nitrogens with zero attached hydrogens (tertiary/aromatic N) is 3. The van der Waals surface area contributed by atoms with Crippen LogP contribution < -0.4 is 0 Å². The van der Waals surface area contributed by atoms with Crippen LogP contribution in [-0.2, 0) is 24.3 Å². The van der Waals surface area contributed by atoms with Crippen LogP contribution in [0.2, 0.25) is 0 Å². The predicted molar refractivity (Wildman–Crippen MR) is 73.0 cm³/mol. The molecule has 0 aliphatic heterocycles. The largest absolute Gasteiger partial charge is 0.481 e. The van der Waals surface area contributed by atoms with Crippen LogP contribution in [0.25, 0.3) is 0 Å². The first-order chi connectivity index (χ1) is 9.13. The molecule has 19 heavy (non-hydrogen) atoms. The van der Waals surface area contributed by atoms with Gasteiger partial charge in [0.1, 0.15) is 0 Å². The molecule has 5 heteroatoms. The molecule has 1 saturated carbocycles. The average molecular weight is 265 g/mol. The van der Waals surface area contributed by atoms with E-state index in [1.54, 1.807) is 0 Å². The third kappa shape index (κ3) is 3.80. The maximum atomic E-state index is 10.7. The Morgan fingerprint density at radius 3 is 2.79 bits per heavy atom. The molecule has 1 aliphatic carbocycles. The molecule has 1 aromatic heterocycles. The second-order valence-electron chi connectivity index (χ2n) is 5.14. The Balaban J connectivity index is 2.03. The van der Waals surface area contributed by atoms with Gasteiger partial charge in [0, 0.05) is 25.7 Å². The highest BCUT2D eigenvalue weighted by Crippen LogP contribution is 2.28. The van der Waals surface area contributed by atoms with Crippen molar-refractivity contribution in [2.24, 2.45) is 0 Å². The topological polar surface area (TPSA) is 58.4 Å². The highest BCUT2D eigenvalue weighted by molar-refractivity contribution is 5.66. The number of carbonyl (C=O) groups is 1. The van der Waals surface area contributed by atoms with Crippen molar-refractivity contribution in [3.8, 4) is 0 Å². The van der Waals surface area contributed by atoms with E-state index >= 15 is 0 Å². The van der Waals surface area contributed by atoms with Crippen molar-refractivity contribution >= 4 is 5.97 Å². The monoisotopic (exact) mass is 265 g/mol. The zero-order valence-electron chi connectivity index (χ0n) is 11.8. The summed E-state index contributed by atoms with van der Waals surface area (Å²) >= 11 is 0. The van der Waals surface area contributed by atoms with Crippen LogP contribution in [0.3, 0.4) is 0 Å². The molecule has 0 spiro atoms. The molecule has 0 aromatic carbocycles. The Kier molecular flexibility index (Phi) is 4.58. The first-order valence-electron chi connectivity index (χ1n) is 7.15. The summed E-state index contributed by atoms with van der Waals surface area (Å²) in [5, 5.41) is 13.4. The summed E-state index contributed by atoms with van der Waals surface area (Å²) < 4.78 is 2.04. The van der Waals surface area contributed by atoms with E-state index in [1.165, 1.54) is 18.5 Å². The minimum atomic E-state index is -0.719. The Bertz CT molecular complexity index is 438. The molecule has 0 atom stereocenters. The summed E-state index contributed by atoms with van der Waals surface area (Å²) in [6.45, 7) is 6.52. The van der Waals surface area contributed by atoms with Gasteiger partial charge in [0.2, 0.25) is 0 Å². The van der Waals surface area contributed by atoms with E-state index in [0.29, 0.717) is 12.6 Å². The molecule has 0 amide bonds. The molecule has 1 aromatic rings. The summed E-state index contributed by atoms with van der Waals surface area (Å²) in [5.74, 6) is -0.719. The predicted octanol–water partition coefficient (Wildman–Crippen LogP) is 1.90. The van der Waals surface area contributed by atoms with Crippen LogP contribution in [0.4, 0.5) is 0 Å². The van der Waals surface area contributed by atoms with Gasteiger partial charge in [-0.3, -0.25) is 14.4 Å². The summed E-state index contributed by atoms with van der Waals surface area (Å²) in [6, 6.07) is 2.73. The fourth-order valence-corrected chi connectivity index (χ4v) is 2.37. The van der Waals surface area contributed by atoms with Crippen molar-refractivity contribution in [2.45, 2.75) is 58.7 Å². The van der Waals surface area contributed by atoms with E-state index in [0.717, 1.165) is 25.2 Å². The molecule has 0 unspecified atom stereocenters. The standard InChI is InChI=1S/C14H23N3O2/c1-3-11-9-13(17(4-2)15-11)10-16(12-5-6-12)8-7-14(18)19/h9,12H,3-8,10H2,1-2H3,(H,18,19). The number of carboxylic acid groups (broad SMARTS) is 1. The Morgan fingerprint density at radius 1 is 1.53 bits per heavy atom. The molecule has 0 saturated heterocycles. The molecule has 5 nitrogen and oxygen atoms in total. The average Bonchev–Trinajstić information content (AvgIpc) is 3.15. The number of aliphatic carboxylic acids is 1. The summed E-state index contributed by atoms with van der Waals surface area (Å²) in [6.07, 6.45) is 3.55. The first-order valence-corrected chi connectivity index (χ1v) is 7.15. The van der Waals surface area contributed by atoms with Gasteiger partial charge in [-0.25, -0.2) is 0 Å². The quantitative estimate of drug-likeness (QED) is 0.780. The molecule has 106 valence electrons. The first kappa shape index (κ1) is 14.1. The third-order valence-corrected chi connectivity index (χ3v) is 3.62. The Labute approximate surface area is 114 Å². The molecule has 2 rings (SSSR count). The number of hydrogen-bond donors (Lipinski definition) is 1. The number of carboxylic acids is 1. The van der Waals surface area contributed by atoms with Crippen LogP contribution in [-0.4, -0.2) is 38.3 Å².